The Balaban J connectivity index is 1.87. The van der Waals surface area contributed by atoms with E-state index in [4.69, 9.17) is 10.8 Å². The maximum Gasteiger partial charge on any atom is 0.306 e. The average Bonchev–Trinajstić information content (AvgIpc) is 2.84. The van der Waals surface area contributed by atoms with Gasteiger partial charge in [-0.3, -0.25) is 14.3 Å². The Morgan fingerprint density at radius 2 is 2.00 bits per heavy atom. The van der Waals surface area contributed by atoms with E-state index in [9.17, 15) is 14.0 Å². The Morgan fingerprint density at radius 3 is 2.58 bits per heavy atom. The van der Waals surface area contributed by atoms with Crippen molar-refractivity contribution < 1.29 is 19.1 Å². The fraction of sp³-hybridized carbons (Fsp3) is 0.471. The van der Waals surface area contributed by atoms with Gasteiger partial charge < -0.3 is 10.8 Å². The second-order valence-electron chi connectivity index (χ2n) is 6.54. The number of aryl methyl sites for hydroxylation is 1. The molecule has 1 amide bonds. The number of carboxylic acids is 1. The molecule has 128 valence electrons. The van der Waals surface area contributed by atoms with E-state index in [1.54, 1.807) is 17.7 Å². The summed E-state index contributed by atoms with van der Waals surface area (Å²) >= 11 is 0. The zero-order valence-electron chi connectivity index (χ0n) is 13.5. The molecule has 0 aliphatic heterocycles. The van der Waals surface area contributed by atoms with E-state index >= 15 is 0 Å². The smallest absolute Gasteiger partial charge is 0.306 e. The molecule has 6 nitrogen and oxygen atoms in total. The molecule has 1 aromatic carbocycles. The number of halogens is 1. The number of fused-ring (bicyclic) bond motifs is 1. The van der Waals surface area contributed by atoms with Crippen LogP contribution in [0, 0.1) is 24.6 Å². The van der Waals surface area contributed by atoms with Crippen molar-refractivity contribution in [3.63, 3.8) is 0 Å². The van der Waals surface area contributed by atoms with Gasteiger partial charge in [0.05, 0.1) is 22.5 Å². The first-order valence-electron chi connectivity index (χ1n) is 8.06. The highest BCUT2D eigenvalue weighted by atomic mass is 19.1. The van der Waals surface area contributed by atoms with Gasteiger partial charge in [0.1, 0.15) is 5.82 Å². The van der Waals surface area contributed by atoms with Crippen LogP contribution in [-0.2, 0) is 11.3 Å². The van der Waals surface area contributed by atoms with Crippen molar-refractivity contribution in [3.05, 3.63) is 29.2 Å². The molecule has 1 saturated carbocycles. The maximum atomic E-state index is 14.3. The lowest BCUT2D eigenvalue weighted by atomic mass is 9.82. The third-order valence-corrected chi connectivity index (χ3v) is 4.89. The van der Waals surface area contributed by atoms with Gasteiger partial charge in [0.2, 0.25) is 5.91 Å². The van der Waals surface area contributed by atoms with Crippen LogP contribution >= 0.6 is 0 Å². The molecule has 2 aromatic rings. The molecule has 0 radical (unpaired) electrons. The van der Waals surface area contributed by atoms with Gasteiger partial charge in [-0.25, -0.2) is 4.39 Å². The maximum absolute atomic E-state index is 14.3. The van der Waals surface area contributed by atoms with E-state index in [2.05, 4.69) is 5.10 Å². The van der Waals surface area contributed by atoms with Crippen LogP contribution in [0.2, 0.25) is 0 Å². The predicted octanol–water partition coefficient (Wildman–Crippen LogP) is 2.47. The van der Waals surface area contributed by atoms with Gasteiger partial charge in [-0.15, -0.1) is 0 Å². The summed E-state index contributed by atoms with van der Waals surface area (Å²) in [5.41, 5.74) is 6.51. The molecule has 0 unspecified atom stereocenters. The first-order chi connectivity index (χ1) is 11.4. The number of hydrogen-bond donors (Lipinski definition) is 2. The van der Waals surface area contributed by atoms with Crippen molar-refractivity contribution in [2.75, 3.05) is 0 Å². The number of aromatic nitrogens is 2. The summed E-state index contributed by atoms with van der Waals surface area (Å²) in [5.74, 6) is -1.88. The molecule has 3 N–H and O–H groups in total. The molecule has 0 saturated heterocycles. The van der Waals surface area contributed by atoms with Gasteiger partial charge in [-0.1, -0.05) is 0 Å². The Bertz CT molecular complexity index is 807. The number of rotatable bonds is 4. The third-order valence-electron chi connectivity index (χ3n) is 4.89. The van der Waals surface area contributed by atoms with Crippen LogP contribution in [0.15, 0.2) is 12.1 Å². The van der Waals surface area contributed by atoms with E-state index in [1.165, 1.54) is 0 Å². The summed E-state index contributed by atoms with van der Waals surface area (Å²) in [4.78, 5) is 22.4. The van der Waals surface area contributed by atoms with Crippen LogP contribution in [0.4, 0.5) is 4.39 Å². The van der Waals surface area contributed by atoms with Crippen LogP contribution in [0.1, 0.15) is 41.7 Å². The molecule has 0 bridgehead atoms. The molecule has 1 aliphatic rings. The van der Waals surface area contributed by atoms with Crippen LogP contribution in [0.5, 0.6) is 0 Å². The Kier molecular flexibility index (Phi) is 4.26. The number of carbonyl (C=O) groups is 2. The van der Waals surface area contributed by atoms with Crippen LogP contribution in [0.3, 0.4) is 0 Å². The largest absolute Gasteiger partial charge is 0.481 e. The second kappa shape index (κ2) is 6.22. The van der Waals surface area contributed by atoms with Crippen LogP contribution in [0.25, 0.3) is 10.9 Å². The summed E-state index contributed by atoms with van der Waals surface area (Å²) in [7, 11) is 0. The molecule has 1 heterocycles. The number of nitrogens with two attached hydrogens (primary N) is 1. The predicted molar refractivity (Wildman–Crippen MR) is 86.0 cm³/mol. The minimum Gasteiger partial charge on any atom is -0.481 e. The normalized spacial score (nSPS) is 21.1. The highest BCUT2D eigenvalue weighted by Crippen LogP contribution is 2.31. The zero-order chi connectivity index (χ0) is 17.4. The van der Waals surface area contributed by atoms with Gasteiger partial charge in [-0.2, -0.15) is 5.10 Å². The molecule has 24 heavy (non-hydrogen) atoms. The quantitative estimate of drug-likeness (QED) is 0.898. The minimum atomic E-state index is -0.734. The van der Waals surface area contributed by atoms with Gasteiger partial charge >= 0.3 is 5.97 Å². The monoisotopic (exact) mass is 333 g/mol. The summed E-state index contributed by atoms with van der Waals surface area (Å²) in [6.45, 7) is 2.31. The lowest BCUT2D eigenvalue weighted by molar-refractivity contribution is -0.143. The molecule has 0 atom stereocenters. The van der Waals surface area contributed by atoms with Crippen molar-refractivity contribution in [2.24, 2.45) is 17.6 Å². The molecule has 1 aromatic heterocycles. The average molecular weight is 333 g/mol. The molecule has 3 rings (SSSR count). The second-order valence-corrected chi connectivity index (χ2v) is 6.54. The lowest BCUT2D eigenvalue weighted by Crippen LogP contribution is -2.24. The fourth-order valence-corrected chi connectivity index (χ4v) is 3.56. The number of benzene rings is 1. The van der Waals surface area contributed by atoms with Crippen LogP contribution < -0.4 is 5.73 Å². The molecule has 1 fully saturated rings. The zero-order valence-corrected chi connectivity index (χ0v) is 13.5. The number of hydrogen-bond acceptors (Lipinski definition) is 3. The van der Waals surface area contributed by atoms with Crippen molar-refractivity contribution in [1.29, 1.82) is 0 Å². The highest BCUT2D eigenvalue weighted by Gasteiger charge is 2.27. The lowest BCUT2D eigenvalue weighted by Gasteiger charge is -2.26. The molecular weight excluding hydrogens is 313 g/mol. The first-order valence-corrected chi connectivity index (χ1v) is 8.06. The highest BCUT2D eigenvalue weighted by molar-refractivity contribution is 5.97. The third kappa shape index (κ3) is 2.98. The van der Waals surface area contributed by atoms with Crippen molar-refractivity contribution >= 4 is 22.8 Å². The standard InChI is InChI=1S/C17H20FN3O3/c1-9-15-13(18)6-12(16(19)22)7-14(15)21(20-9)8-10-2-4-11(5-3-10)17(23)24/h6-7,10-11H,2-5,8H2,1H3,(H2,19,22)(H,23,24). The number of nitrogens with zero attached hydrogens (tertiary/aromatic N) is 2. The Morgan fingerprint density at radius 1 is 1.33 bits per heavy atom. The van der Waals surface area contributed by atoms with Gasteiger partial charge in [0, 0.05) is 12.1 Å². The van der Waals surface area contributed by atoms with Gasteiger partial charge in [0.15, 0.2) is 0 Å². The SMILES string of the molecule is Cc1nn(CC2CCC(C(=O)O)CC2)c2cc(C(N)=O)cc(F)c12. The van der Waals surface area contributed by atoms with E-state index in [-0.39, 0.29) is 11.5 Å². The number of primary amides is 1. The first kappa shape index (κ1) is 16.4. The van der Waals surface area contributed by atoms with Crippen molar-refractivity contribution in [3.8, 4) is 0 Å². The molecule has 7 heteroatoms. The van der Waals surface area contributed by atoms with Crippen LogP contribution in [-0.4, -0.2) is 26.8 Å². The Hall–Kier alpha value is -2.44. The van der Waals surface area contributed by atoms with Gasteiger partial charge in [0.25, 0.3) is 0 Å². The molecule has 1 aliphatic carbocycles. The number of carboxylic acid groups (broad SMARTS) is 1. The number of aliphatic carboxylic acids is 1. The summed E-state index contributed by atoms with van der Waals surface area (Å²) in [5, 5.41) is 13.9. The molecule has 0 spiro atoms. The minimum absolute atomic E-state index is 0.121. The molecular formula is C17H20FN3O3. The number of carbonyl (C=O) groups excluding carboxylic acids is 1. The van der Waals surface area contributed by atoms with Crippen molar-refractivity contribution in [2.45, 2.75) is 39.2 Å². The van der Waals surface area contributed by atoms with E-state index < -0.39 is 17.7 Å². The fourth-order valence-electron chi connectivity index (χ4n) is 3.56. The van der Waals surface area contributed by atoms with E-state index in [1.807, 2.05) is 0 Å². The van der Waals surface area contributed by atoms with E-state index in [0.29, 0.717) is 41.9 Å². The van der Waals surface area contributed by atoms with Crippen molar-refractivity contribution in [1.82, 2.24) is 9.78 Å². The Labute approximate surface area is 138 Å². The summed E-state index contributed by atoms with van der Waals surface area (Å²) in [6, 6.07) is 2.71. The summed E-state index contributed by atoms with van der Waals surface area (Å²) in [6.07, 6.45) is 2.91. The van der Waals surface area contributed by atoms with E-state index in [0.717, 1.165) is 18.9 Å². The number of amides is 1. The summed E-state index contributed by atoms with van der Waals surface area (Å²) < 4.78 is 16.0. The van der Waals surface area contributed by atoms with Gasteiger partial charge in [-0.05, 0) is 50.7 Å². The topological polar surface area (TPSA) is 98.2 Å².